The lowest BCUT2D eigenvalue weighted by Crippen LogP contribution is -2.52. The molecule has 0 atom stereocenters. The lowest BCUT2D eigenvalue weighted by molar-refractivity contribution is 0.371. The fourth-order valence-electron chi connectivity index (χ4n) is 3.04. The van der Waals surface area contributed by atoms with Gasteiger partial charge in [-0.15, -0.1) is 0 Å². The summed E-state index contributed by atoms with van der Waals surface area (Å²) in [6.07, 6.45) is 0. The molecule has 6 nitrogen and oxygen atoms in total. The molecule has 2 heterocycles. The van der Waals surface area contributed by atoms with Crippen molar-refractivity contribution in [1.29, 1.82) is 0 Å². The van der Waals surface area contributed by atoms with Crippen LogP contribution in [0.2, 0.25) is 5.02 Å². The Morgan fingerprint density at radius 1 is 1.23 bits per heavy atom. The zero-order valence-corrected chi connectivity index (χ0v) is 16.4. The topological polar surface area (TPSA) is 56.9 Å². The van der Waals surface area contributed by atoms with Gasteiger partial charge in [0.05, 0.1) is 16.4 Å². The minimum absolute atomic E-state index is 0.446. The van der Waals surface area contributed by atoms with Gasteiger partial charge in [0.2, 0.25) is 5.89 Å². The quantitative estimate of drug-likeness (QED) is 0.656. The number of oxazole rings is 1. The van der Waals surface area contributed by atoms with E-state index in [0.717, 1.165) is 60.8 Å². The van der Waals surface area contributed by atoms with E-state index < -0.39 is 0 Å². The molecule has 0 aliphatic carbocycles. The minimum atomic E-state index is 0.446. The van der Waals surface area contributed by atoms with Crippen LogP contribution < -0.4 is 10.2 Å². The van der Waals surface area contributed by atoms with E-state index in [9.17, 15) is 0 Å². The number of nitrogens with one attached hydrogen (secondary N) is 1. The van der Waals surface area contributed by atoms with Gasteiger partial charge in [-0.05, 0) is 32.9 Å². The predicted octanol–water partition coefficient (Wildman–Crippen LogP) is 3.23. The molecular weight excluding hydrogens is 350 g/mol. The van der Waals surface area contributed by atoms with Crippen molar-refractivity contribution in [3.05, 3.63) is 46.6 Å². The molecule has 1 saturated heterocycles. The molecule has 1 aromatic heterocycles. The second-order valence-corrected chi connectivity index (χ2v) is 6.75. The van der Waals surface area contributed by atoms with Crippen LogP contribution in [0.4, 0.5) is 5.69 Å². The molecule has 1 fully saturated rings. The van der Waals surface area contributed by atoms with Crippen molar-refractivity contribution >= 4 is 23.2 Å². The number of aromatic nitrogens is 1. The normalized spacial score (nSPS) is 15.5. The number of halogens is 1. The smallest absolute Gasteiger partial charge is 0.216 e. The number of hydrogen-bond acceptors (Lipinski definition) is 4. The molecular formula is C19H26ClN5O. The van der Waals surface area contributed by atoms with Crippen molar-refractivity contribution < 1.29 is 4.42 Å². The van der Waals surface area contributed by atoms with Gasteiger partial charge in [-0.2, -0.15) is 0 Å². The van der Waals surface area contributed by atoms with Gasteiger partial charge < -0.3 is 19.5 Å². The van der Waals surface area contributed by atoms with Crippen LogP contribution in [-0.2, 0) is 6.54 Å². The lowest BCUT2D eigenvalue weighted by Gasteiger charge is -2.38. The summed E-state index contributed by atoms with van der Waals surface area (Å²) in [5, 5.41) is 4.17. The van der Waals surface area contributed by atoms with Crippen molar-refractivity contribution in [1.82, 2.24) is 15.2 Å². The number of hydrogen-bond donors (Lipinski definition) is 1. The molecule has 0 amide bonds. The number of benzene rings is 1. The Balaban J connectivity index is 1.64. The van der Waals surface area contributed by atoms with Crippen molar-refractivity contribution in [2.24, 2.45) is 4.99 Å². The maximum atomic E-state index is 6.33. The molecule has 0 spiro atoms. The summed E-state index contributed by atoms with van der Waals surface area (Å²) in [4.78, 5) is 13.7. The number of guanidine groups is 1. The fraction of sp³-hybridized carbons (Fsp3) is 0.474. The third kappa shape index (κ3) is 4.30. The molecule has 26 heavy (non-hydrogen) atoms. The van der Waals surface area contributed by atoms with Gasteiger partial charge in [-0.1, -0.05) is 23.7 Å². The highest BCUT2D eigenvalue weighted by Gasteiger charge is 2.21. The second kappa shape index (κ2) is 8.45. The molecule has 2 aromatic rings. The van der Waals surface area contributed by atoms with Gasteiger partial charge in [0, 0.05) is 32.7 Å². The lowest BCUT2D eigenvalue weighted by atomic mass is 10.2. The Morgan fingerprint density at radius 2 is 1.96 bits per heavy atom. The molecule has 0 radical (unpaired) electrons. The van der Waals surface area contributed by atoms with E-state index in [1.807, 2.05) is 32.0 Å². The fourth-order valence-corrected chi connectivity index (χ4v) is 3.30. The molecule has 0 saturated carbocycles. The van der Waals surface area contributed by atoms with Gasteiger partial charge >= 0.3 is 0 Å². The number of aliphatic imine (C=N–C) groups is 1. The highest BCUT2D eigenvalue weighted by atomic mass is 35.5. The van der Waals surface area contributed by atoms with Crippen LogP contribution in [0.1, 0.15) is 24.3 Å². The highest BCUT2D eigenvalue weighted by Crippen LogP contribution is 2.26. The van der Waals surface area contributed by atoms with Crippen LogP contribution in [0.25, 0.3) is 0 Å². The predicted molar refractivity (Wildman–Crippen MR) is 106 cm³/mol. The van der Waals surface area contributed by atoms with Crippen LogP contribution in [0.15, 0.2) is 33.7 Å². The minimum Gasteiger partial charge on any atom is -0.444 e. The number of anilines is 1. The first-order chi connectivity index (χ1) is 12.6. The second-order valence-electron chi connectivity index (χ2n) is 6.34. The van der Waals surface area contributed by atoms with Crippen molar-refractivity contribution in [3.63, 3.8) is 0 Å². The number of aryl methyl sites for hydroxylation is 2. The summed E-state index contributed by atoms with van der Waals surface area (Å²) in [6, 6.07) is 8.00. The number of para-hydroxylation sites is 1. The average Bonchev–Trinajstić information content (AvgIpc) is 2.97. The van der Waals surface area contributed by atoms with Crippen LogP contribution in [0.5, 0.6) is 0 Å². The summed E-state index contributed by atoms with van der Waals surface area (Å²) in [5.41, 5.74) is 2.02. The zero-order chi connectivity index (χ0) is 18.5. The molecule has 3 rings (SSSR count). The Kier molecular flexibility index (Phi) is 6.04. The van der Waals surface area contributed by atoms with Crippen LogP contribution in [0, 0.1) is 13.8 Å². The average molecular weight is 376 g/mol. The Hall–Kier alpha value is -2.21. The molecule has 0 unspecified atom stereocenters. The van der Waals surface area contributed by atoms with Gasteiger partial charge in [-0.3, -0.25) is 0 Å². The monoisotopic (exact) mass is 375 g/mol. The number of rotatable bonds is 4. The summed E-state index contributed by atoms with van der Waals surface area (Å²) >= 11 is 6.33. The van der Waals surface area contributed by atoms with Gasteiger partial charge in [-0.25, -0.2) is 9.98 Å². The zero-order valence-electron chi connectivity index (χ0n) is 15.6. The van der Waals surface area contributed by atoms with E-state index in [4.69, 9.17) is 21.0 Å². The summed E-state index contributed by atoms with van der Waals surface area (Å²) in [5.74, 6) is 2.42. The maximum absolute atomic E-state index is 6.33. The van der Waals surface area contributed by atoms with Crippen LogP contribution >= 0.6 is 11.6 Å². The first-order valence-electron chi connectivity index (χ1n) is 9.04. The molecule has 1 aliphatic heterocycles. The molecule has 1 aliphatic rings. The van der Waals surface area contributed by atoms with E-state index in [-0.39, 0.29) is 0 Å². The molecule has 1 aromatic carbocycles. The standard InChI is InChI=1S/C19H26ClN5O/c1-4-21-19(22-13-18-23-14(2)15(3)26-18)25-11-9-24(10-12-25)17-8-6-5-7-16(17)20/h5-8H,4,9-13H2,1-3H3,(H,21,22). The van der Waals surface area contributed by atoms with Gasteiger partial charge in [0.15, 0.2) is 5.96 Å². The van der Waals surface area contributed by atoms with Crippen LogP contribution in [0.3, 0.4) is 0 Å². The van der Waals surface area contributed by atoms with Gasteiger partial charge in [0.1, 0.15) is 12.3 Å². The largest absolute Gasteiger partial charge is 0.444 e. The first-order valence-corrected chi connectivity index (χ1v) is 9.42. The van der Waals surface area contributed by atoms with E-state index in [1.54, 1.807) is 0 Å². The van der Waals surface area contributed by atoms with E-state index in [0.29, 0.717) is 12.4 Å². The summed E-state index contributed by atoms with van der Waals surface area (Å²) in [6.45, 7) is 10.8. The number of piperazine rings is 1. The van der Waals surface area contributed by atoms with Crippen molar-refractivity contribution in [3.8, 4) is 0 Å². The van der Waals surface area contributed by atoms with E-state index in [1.165, 1.54) is 0 Å². The Morgan fingerprint density at radius 3 is 2.58 bits per heavy atom. The summed E-state index contributed by atoms with van der Waals surface area (Å²) in [7, 11) is 0. The van der Waals surface area contributed by atoms with Crippen molar-refractivity contribution in [2.75, 3.05) is 37.6 Å². The maximum Gasteiger partial charge on any atom is 0.216 e. The van der Waals surface area contributed by atoms with E-state index >= 15 is 0 Å². The number of nitrogens with zero attached hydrogens (tertiary/aromatic N) is 4. The molecule has 7 heteroatoms. The first kappa shape index (κ1) is 18.6. The van der Waals surface area contributed by atoms with Crippen molar-refractivity contribution in [2.45, 2.75) is 27.3 Å². The third-order valence-corrected chi connectivity index (χ3v) is 4.86. The Labute approximate surface area is 159 Å². The molecule has 0 bridgehead atoms. The van der Waals surface area contributed by atoms with E-state index in [2.05, 4.69) is 33.1 Å². The Bertz CT molecular complexity index is 746. The highest BCUT2D eigenvalue weighted by molar-refractivity contribution is 6.33. The molecule has 140 valence electrons. The third-order valence-electron chi connectivity index (χ3n) is 4.54. The molecule has 1 N–H and O–H groups in total. The van der Waals surface area contributed by atoms with Crippen LogP contribution in [-0.4, -0.2) is 48.6 Å². The summed E-state index contributed by atoms with van der Waals surface area (Å²) < 4.78 is 5.63. The SMILES string of the molecule is CCNC(=NCc1nc(C)c(C)o1)N1CCN(c2ccccc2Cl)CC1. The van der Waals surface area contributed by atoms with Gasteiger partial charge in [0.25, 0.3) is 0 Å².